The summed E-state index contributed by atoms with van der Waals surface area (Å²) in [5, 5.41) is 9.98. The minimum absolute atomic E-state index is 0.629. The Kier molecular flexibility index (Phi) is 8.62. The lowest BCUT2D eigenvalue weighted by Gasteiger charge is -2.33. The third kappa shape index (κ3) is 6.00. The van der Waals surface area contributed by atoms with Crippen LogP contribution in [0.2, 0.25) is 39.3 Å². The highest BCUT2D eigenvalue weighted by molar-refractivity contribution is 6.90. The van der Waals surface area contributed by atoms with Crippen molar-refractivity contribution in [2.75, 3.05) is 9.80 Å². The molecule has 0 atom stereocenters. The zero-order valence-corrected chi connectivity index (χ0v) is 33.6. The van der Waals surface area contributed by atoms with E-state index in [1.54, 1.807) is 0 Å². The maximum absolute atomic E-state index is 7.62. The molecule has 8 aromatic rings. The van der Waals surface area contributed by atoms with Gasteiger partial charge in [-0.1, -0.05) is 136 Å². The van der Waals surface area contributed by atoms with Gasteiger partial charge in [0.2, 0.25) is 0 Å². The second kappa shape index (κ2) is 13.3. The Bertz CT molecular complexity index is 2570. The molecule has 0 unspecified atom stereocenters. The van der Waals surface area contributed by atoms with Gasteiger partial charge in [-0.05, 0) is 80.4 Å². The molecule has 262 valence electrons. The first-order valence-electron chi connectivity index (χ1n) is 18.4. The van der Waals surface area contributed by atoms with Crippen LogP contribution in [0.5, 0.6) is 0 Å². The van der Waals surface area contributed by atoms with Crippen LogP contribution in [0.25, 0.3) is 42.0 Å². The lowest BCUT2D eigenvalue weighted by Crippen LogP contribution is -2.40. The van der Waals surface area contributed by atoms with E-state index in [9.17, 15) is 0 Å². The fourth-order valence-electron chi connectivity index (χ4n) is 7.93. The van der Waals surface area contributed by atoms with Crippen molar-refractivity contribution in [1.82, 2.24) is 0 Å². The van der Waals surface area contributed by atoms with Crippen LogP contribution in [0.3, 0.4) is 0 Å². The molecule has 54 heavy (non-hydrogen) atoms. The monoisotopic (exact) mass is 730 g/mol. The maximum Gasteiger partial charge on any atom is 0.187 e. The van der Waals surface area contributed by atoms with Gasteiger partial charge in [0.25, 0.3) is 0 Å². The smallest absolute Gasteiger partial charge is 0.187 e. The number of nitrogens with zero attached hydrogens (tertiary/aromatic N) is 4. The molecule has 0 amide bonds. The minimum Gasteiger partial charge on any atom is -0.310 e. The summed E-state index contributed by atoms with van der Waals surface area (Å²) in [6.45, 7) is 29.6. The highest BCUT2D eigenvalue weighted by Gasteiger charge is 2.28. The summed E-state index contributed by atoms with van der Waals surface area (Å²) in [6.07, 6.45) is 0. The van der Waals surface area contributed by atoms with E-state index in [-0.39, 0.29) is 0 Å². The SMILES string of the molecule is [C-]#[N+]c1ccc(N(c2ccccc2[Si](C)(C)C)c2ccc3ccc4c(N(c5ccc([N+]#[C-])cc5)c5ccccc5[Si](C)(C)C)ccc5ccc2c3c54)cc1. The van der Waals surface area contributed by atoms with Gasteiger partial charge in [-0.25, -0.2) is 9.69 Å². The number of benzene rings is 8. The van der Waals surface area contributed by atoms with E-state index in [2.05, 4.69) is 180 Å². The lowest BCUT2D eigenvalue weighted by molar-refractivity contribution is 1.30. The van der Waals surface area contributed by atoms with Crippen molar-refractivity contribution in [3.63, 3.8) is 0 Å². The summed E-state index contributed by atoms with van der Waals surface area (Å²) in [5.41, 5.74) is 7.90. The molecule has 0 bridgehead atoms. The minimum atomic E-state index is -1.77. The molecule has 0 saturated heterocycles. The topological polar surface area (TPSA) is 15.2 Å². The number of para-hydroxylation sites is 2. The Balaban J connectivity index is 1.43. The lowest BCUT2D eigenvalue weighted by atomic mass is 9.91. The van der Waals surface area contributed by atoms with Crippen molar-refractivity contribution >= 4 is 104 Å². The molecule has 0 aromatic heterocycles. The quantitative estimate of drug-likeness (QED) is 0.0878. The Labute approximate surface area is 320 Å². The average molecular weight is 731 g/mol. The van der Waals surface area contributed by atoms with Crippen molar-refractivity contribution in [2.45, 2.75) is 39.3 Å². The van der Waals surface area contributed by atoms with Crippen LogP contribution >= 0.6 is 0 Å². The van der Waals surface area contributed by atoms with Crippen LogP contribution < -0.4 is 20.2 Å². The Morgan fingerprint density at radius 3 is 1.09 bits per heavy atom. The number of rotatable bonds is 8. The largest absolute Gasteiger partial charge is 0.310 e. The summed E-state index contributed by atoms with van der Waals surface area (Å²) >= 11 is 0. The summed E-state index contributed by atoms with van der Waals surface area (Å²) in [4.78, 5) is 12.2. The van der Waals surface area contributed by atoms with Crippen LogP contribution in [-0.2, 0) is 0 Å². The molecule has 0 fully saturated rings. The standard InChI is InChI=1S/C48H42N4Si2/c1-49-35-21-25-37(26-22-35)51(43-13-9-11-15-45(43)53(3,4)5)41-31-19-33-18-30-40-42(32-20-34-17-29-39(41)47(33)48(34)40)52(38-27-23-36(50-2)24-28-38)44-14-10-12-16-46(44)54(6,7)8/h9-32H,3-8H3. The fraction of sp³-hybridized carbons (Fsp3) is 0.125. The van der Waals surface area contributed by atoms with E-state index in [0.717, 1.165) is 22.7 Å². The third-order valence-corrected chi connectivity index (χ3v) is 14.6. The molecule has 0 spiro atoms. The molecule has 0 aliphatic carbocycles. The summed E-state index contributed by atoms with van der Waals surface area (Å²) in [6, 6.07) is 51.9. The summed E-state index contributed by atoms with van der Waals surface area (Å²) in [7, 11) is -3.55. The fourth-order valence-corrected chi connectivity index (χ4v) is 11.1. The second-order valence-electron chi connectivity index (χ2n) is 16.1. The van der Waals surface area contributed by atoms with Crippen molar-refractivity contribution in [3.8, 4) is 0 Å². The normalized spacial score (nSPS) is 11.9. The van der Waals surface area contributed by atoms with Crippen LogP contribution in [0.15, 0.2) is 146 Å². The van der Waals surface area contributed by atoms with Crippen molar-refractivity contribution in [1.29, 1.82) is 0 Å². The first-order valence-corrected chi connectivity index (χ1v) is 25.4. The van der Waals surface area contributed by atoms with Crippen molar-refractivity contribution in [3.05, 3.63) is 168 Å². The Morgan fingerprint density at radius 2 is 0.741 bits per heavy atom. The van der Waals surface area contributed by atoms with Crippen LogP contribution in [-0.4, -0.2) is 16.1 Å². The number of hydrogen-bond donors (Lipinski definition) is 0. The van der Waals surface area contributed by atoms with Crippen molar-refractivity contribution < 1.29 is 0 Å². The van der Waals surface area contributed by atoms with Crippen LogP contribution in [0, 0.1) is 13.1 Å². The Hall–Kier alpha value is -6.19. The molecule has 0 radical (unpaired) electrons. The summed E-state index contributed by atoms with van der Waals surface area (Å²) < 4.78 is 0. The van der Waals surface area contributed by atoms with Gasteiger partial charge in [0.1, 0.15) is 0 Å². The van der Waals surface area contributed by atoms with Gasteiger partial charge in [0.05, 0.1) is 40.7 Å². The molecule has 4 nitrogen and oxygen atoms in total. The van der Waals surface area contributed by atoms with Gasteiger partial charge in [0.15, 0.2) is 11.4 Å². The molecule has 8 rings (SSSR count). The van der Waals surface area contributed by atoms with E-state index in [0.29, 0.717) is 11.4 Å². The highest BCUT2D eigenvalue weighted by Crippen LogP contribution is 2.47. The van der Waals surface area contributed by atoms with Gasteiger partial charge < -0.3 is 9.80 Å². The predicted molar refractivity (Wildman–Crippen MR) is 238 cm³/mol. The average Bonchev–Trinajstić information content (AvgIpc) is 3.18. The van der Waals surface area contributed by atoms with E-state index >= 15 is 0 Å². The molecular weight excluding hydrogens is 689 g/mol. The number of hydrogen-bond acceptors (Lipinski definition) is 2. The first kappa shape index (κ1) is 34.9. The molecule has 6 heteroatoms. The molecule has 0 aliphatic heterocycles. The van der Waals surface area contributed by atoms with Crippen LogP contribution in [0.1, 0.15) is 0 Å². The summed E-state index contributed by atoms with van der Waals surface area (Å²) in [5.74, 6) is 0. The molecule has 0 heterocycles. The molecule has 0 N–H and O–H groups in total. The number of anilines is 6. The molecular formula is C48H42N4Si2. The second-order valence-corrected chi connectivity index (χ2v) is 26.1. The third-order valence-electron chi connectivity index (χ3n) is 10.5. The molecule has 0 aliphatic rings. The zero-order chi connectivity index (χ0) is 37.8. The van der Waals surface area contributed by atoms with Gasteiger partial charge in [-0.3, -0.25) is 0 Å². The van der Waals surface area contributed by atoms with E-state index in [4.69, 9.17) is 13.1 Å². The highest BCUT2D eigenvalue weighted by atomic mass is 28.3. The zero-order valence-electron chi connectivity index (χ0n) is 31.6. The van der Waals surface area contributed by atoms with Gasteiger partial charge in [-0.15, -0.1) is 0 Å². The van der Waals surface area contributed by atoms with Gasteiger partial charge in [-0.2, -0.15) is 0 Å². The molecule has 0 saturated carbocycles. The Morgan fingerprint density at radius 1 is 0.389 bits per heavy atom. The van der Waals surface area contributed by atoms with E-state index in [1.165, 1.54) is 54.1 Å². The van der Waals surface area contributed by atoms with Gasteiger partial charge in [0, 0.05) is 33.5 Å². The predicted octanol–water partition coefficient (Wildman–Crippen LogP) is 13.7. The van der Waals surface area contributed by atoms with E-state index < -0.39 is 16.1 Å². The van der Waals surface area contributed by atoms with E-state index in [1.807, 2.05) is 24.3 Å². The van der Waals surface area contributed by atoms with Crippen LogP contribution in [0.4, 0.5) is 45.5 Å². The van der Waals surface area contributed by atoms with Gasteiger partial charge >= 0.3 is 0 Å². The maximum atomic E-state index is 7.62. The molecule has 8 aromatic carbocycles. The first-order chi connectivity index (χ1) is 26.0. The van der Waals surface area contributed by atoms with Crippen molar-refractivity contribution in [2.24, 2.45) is 0 Å².